The van der Waals surface area contributed by atoms with Crippen molar-refractivity contribution in [3.8, 4) is 0 Å². The van der Waals surface area contributed by atoms with Gasteiger partial charge in [-0.1, -0.05) is 0 Å². The molecule has 2 nitrogen and oxygen atoms in total. The first-order valence-corrected chi connectivity index (χ1v) is 4.87. The highest BCUT2D eigenvalue weighted by molar-refractivity contribution is 5.59. The van der Waals surface area contributed by atoms with E-state index in [2.05, 4.69) is 24.8 Å². The van der Waals surface area contributed by atoms with Crippen molar-refractivity contribution in [3.63, 3.8) is 0 Å². The third-order valence-corrected chi connectivity index (χ3v) is 2.87. The lowest BCUT2D eigenvalue weighted by atomic mass is 9.97. The Hall–Kier alpha value is -1.02. The Kier molecular flexibility index (Phi) is 3.17. The summed E-state index contributed by atoms with van der Waals surface area (Å²) < 4.78 is 0. The maximum Gasteiger partial charge on any atom is 0.0687 e. The number of aliphatic hydroxyl groups is 1. The zero-order valence-corrected chi connectivity index (χ0v) is 9.68. The summed E-state index contributed by atoms with van der Waals surface area (Å²) in [5.74, 6) is 0. The summed E-state index contributed by atoms with van der Waals surface area (Å²) in [5, 5.41) is 9.24. The Morgan fingerprint density at radius 3 is 2.14 bits per heavy atom. The lowest BCUT2D eigenvalue weighted by Gasteiger charge is -2.20. The second kappa shape index (κ2) is 4.01. The molecular formula is C12H19NO. The molecule has 0 spiro atoms. The molecule has 0 unspecified atom stereocenters. The largest absolute Gasteiger partial charge is 0.392 e. The van der Waals surface area contributed by atoms with Gasteiger partial charge in [-0.2, -0.15) is 0 Å². The summed E-state index contributed by atoms with van der Waals surface area (Å²) in [6.07, 6.45) is 0. The first-order chi connectivity index (χ1) is 6.49. The van der Waals surface area contributed by atoms with Gasteiger partial charge in [-0.15, -0.1) is 0 Å². The number of hydrogen-bond acceptors (Lipinski definition) is 2. The Morgan fingerprint density at radius 1 is 1.14 bits per heavy atom. The quantitative estimate of drug-likeness (QED) is 0.778. The van der Waals surface area contributed by atoms with Gasteiger partial charge in [0.2, 0.25) is 0 Å². The summed E-state index contributed by atoms with van der Waals surface area (Å²) in [6.45, 7) is 6.35. The minimum absolute atomic E-state index is 0.131. The molecule has 1 aromatic rings. The lowest BCUT2D eigenvalue weighted by molar-refractivity contribution is 0.280. The first-order valence-electron chi connectivity index (χ1n) is 4.87. The summed E-state index contributed by atoms with van der Waals surface area (Å²) >= 11 is 0. The van der Waals surface area contributed by atoms with Gasteiger partial charge in [-0.25, -0.2) is 0 Å². The van der Waals surface area contributed by atoms with E-state index >= 15 is 0 Å². The Labute approximate surface area is 86.2 Å². The van der Waals surface area contributed by atoms with Crippen molar-refractivity contribution in [3.05, 3.63) is 28.3 Å². The lowest BCUT2D eigenvalue weighted by Crippen LogP contribution is -2.12. The molecule has 14 heavy (non-hydrogen) atoms. The van der Waals surface area contributed by atoms with Crippen LogP contribution in [0.25, 0.3) is 0 Å². The van der Waals surface area contributed by atoms with Gasteiger partial charge in [0.1, 0.15) is 0 Å². The summed E-state index contributed by atoms with van der Waals surface area (Å²) in [7, 11) is 4.08. The third-order valence-electron chi connectivity index (χ3n) is 2.87. The van der Waals surface area contributed by atoms with E-state index in [1.807, 2.05) is 21.0 Å². The summed E-state index contributed by atoms with van der Waals surface area (Å²) in [6, 6.07) is 2.13. The molecule has 0 fully saturated rings. The standard InChI is InChI=1S/C12H19NO/c1-8-6-12(13(4)5)10(3)9(2)11(8)7-14/h6,14H,7H2,1-5H3. The van der Waals surface area contributed by atoms with Crippen molar-refractivity contribution < 1.29 is 5.11 Å². The molecule has 1 aromatic carbocycles. The molecule has 78 valence electrons. The van der Waals surface area contributed by atoms with Crippen LogP contribution >= 0.6 is 0 Å². The fraction of sp³-hybridized carbons (Fsp3) is 0.500. The number of benzene rings is 1. The van der Waals surface area contributed by atoms with Crippen LogP contribution in [0.1, 0.15) is 22.3 Å². The Bertz CT molecular complexity index is 343. The number of anilines is 1. The van der Waals surface area contributed by atoms with Crippen molar-refractivity contribution in [2.24, 2.45) is 0 Å². The van der Waals surface area contributed by atoms with Gasteiger partial charge in [0.15, 0.2) is 0 Å². The SMILES string of the molecule is Cc1cc(N(C)C)c(C)c(C)c1CO. The zero-order valence-electron chi connectivity index (χ0n) is 9.68. The molecule has 0 aliphatic heterocycles. The maximum atomic E-state index is 9.24. The van der Waals surface area contributed by atoms with Gasteiger partial charge < -0.3 is 10.0 Å². The Balaban J connectivity index is 3.40. The second-order valence-corrected chi connectivity index (χ2v) is 3.99. The van der Waals surface area contributed by atoms with E-state index in [9.17, 15) is 5.11 Å². The average Bonchev–Trinajstić information content (AvgIpc) is 2.12. The monoisotopic (exact) mass is 193 g/mol. The van der Waals surface area contributed by atoms with E-state index < -0.39 is 0 Å². The number of aryl methyl sites for hydroxylation is 1. The van der Waals surface area contributed by atoms with E-state index in [4.69, 9.17) is 0 Å². The third kappa shape index (κ3) is 1.75. The van der Waals surface area contributed by atoms with E-state index in [1.54, 1.807) is 0 Å². The number of hydrogen-bond donors (Lipinski definition) is 1. The molecule has 1 rings (SSSR count). The highest BCUT2D eigenvalue weighted by Crippen LogP contribution is 2.27. The molecule has 0 heterocycles. The number of rotatable bonds is 2. The normalized spacial score (nSPS) is 10.4. The van der Waals surface area contributed by atoms with Crippen molar-refractivity contribution in [1.29, 1.82) is 0 Å². The van der Waals surface area contributed by atoms with Crippen molar-refractivity contribution in [1.82, 2.24) is 0 Å². The number of nitrogens with zero attached hydrogens (tertiary/aromatic N) is 1. The molecule has 0 bridgehead atoms. The second-order valence-electron chi connectivity index (χ2n) is 3.99. The smallest absolute Gasteiger partial charge is 0.0687 e. The summed E-state index contributed by atoms with van der Waals surface area (Å²) in [5.41, 5.74) is 5.92. The van der Waals surface area contributed by atoms with E-state index in [-0.39, 0.29) is 6.61 Å². The molecule has 2 heteroatoms. The van der Waals surface area contributed by atoms with Crippen LogP contribution in [0.2, 0.25) is 0 Å². The predicted octanol–water partition coefficient (Wildman–Crippen LogP) is 2.17. The fourth-order valence-corrected chi connectivity index (χ4v) is 1.82. The van der Waals surface area contributed by atoms with Gasteiger partial charge in [-0.05, 0) is 49.1 Å². The van der Waals surface area contributed by atoms with Gasteiger partial charge in [0.25, 0.3) is 0 Å². The van der Waals surface area contributed by atoms with Gasteiger partial charge in [0.05, 0.1) is 6.61 Å². The van der Waals surface area contributed by atoms with Crippen LogP contribution < -0.4 is 4.90 Å². The molecule has 0 amide bonds. The molecule has 0 aromatic heterocycles. The van der Waals surface area contributed by atoms with Crippen LogP contribution in [-0.2, 0) is 6.61 Å². The van der Waals surface area contributed by atoms with Gasteiger partial charge in [0, 0.05) is 19.8 Å². The molecule has 0 saturated heterocycles. The van der Waals surface area contributed by atoms with E-state index in [0.717, 1.165) is 5.56 Å². The molecule has 0 radical (unpaired) electrons. The van der Waals surface area contributed by atoms with Crippen LogP contribution in [0.3, 0.4) is 0 Å². The topological polar surface area (TPSA) is 23.5 Å². The highest BCUT2D eigenvalue weighted by Gasteiger charge is 2.10. The molecule has 0 aliphatic carbocycles. The molecular weight excluding hydrogens is 174 g/mol. The van der Waals surface area contributed by atoms with Crippen molar-refractivity contribution in [2.75, 3.05) is 19.0 Å². The Morgan fingerprint density at radius 2 is 1.71 bits per heavy atom. The highest BCUT2D eigenvalue weighted by atomic mass is 16.3. The van der Waals surface area contributed by atoms with Crippen LogP contribution in [0.15, 0.2) is 6.07 Å². The van der Waals surface area contributed by atoms with Crippen LogP contribution in [-0.4, -0.2) is 19.2 Å². The molecule has 0 saturated carbocycles. The zero-order chi connectivity index (χ0) is 10.9. The predicted molar refractivity (Wildman–Crippen MR) is 60.9 cm³/mol. The van der Waals surface area contributed by atoms with Gasteiger partial charge >= 0.3 is 0 Å². The minimum atomic E-state index is 0.131. The van der Waals surface area contributed by atoms with Crippen LogP contribution in [0.5, 0.6) is 0 Å². The van der Waals surface area contributed by atoms with E-state index in [0.29, 0.717) is 0 Å². The molecule has 1 N–H and O–H groups in total. The van der Waals surface area contributed by atoms with Crippen LogP contribution in [0.4, 0.5) is 5.69 Å². The summed E-state index contributed by atoms with van der Waals surface area (Å²) in [4.78, 5) is 2.11. The molecule has 0 aliphatic rings. The van der Waals surface area contributed by atoms with Crippen molar-refractivity contribution >= 4 is 5.69 Å². The van der Waals surface area contributed by atoms with Crippen molar-refractivity contribution in [2.45, 2.75) is 27.4 Å². The molecule has 0 atom stereocenters. The average molecular weight is 193 g/mol. The fourth-order valence-electron chi connectivity index (χ4n) is 1.82. The van der Waals surface area contributed by atoms with E-state index in [1.165, 1.54) is 22.4 Å². The minimum Gasteiger partial charge on any atom is -0.392 e. The van der Waals surface area contributed by atoms with Gasteiger partial charge in [-0.3, -0.25) is 0 Å². The van der Waals surface area contributed by atoms with Crippen LogP contribution in [0, 0.1) is 20.8 Å². The maximum absolute atomic E-state index is 9.24. The number of aliphatic hydroxyl groups excluding tert-OH is 1. The first kappa shape index (κ1) is 11.1.